The minimum absolute atomic E-state index is 0. The fourth-order valence-electron chi connectivity index (χ4n) is 3.11. The molecule has 148 valence electrons. The Morgan fingerprint density at radius 1 is 1.19 bits per heavy atom. The largest absolute Gasteiger partial charge is 0.497 e. The van der Waals surface area contributed by atoms with E-state index in [0.717, 1.165) is 63.1 Å². The van der Waals surface area contributed by atoms with Gasteiger partial charge in [-0.25, -0.2) is 0 Å². The van der Waals surface area contributed by atoms with Crippen LogP contribution in [0.5, 0.6) is 5.75 Å². The second kappa shape index (κ2) is 11.1. The van der Waals surface area contributed by atoms with Crippen LogP contribution >= 0.6 is 24.0 Å². The summed E-state index contributed by atoms with van der Waals surface area (Å²) in [5.74, 6) is 1.86. The Morgan fingerprint density at radius 2 is 1.93 bits per heavy atom. The highest BCUT2D eigenvalue weighted by molar-refractivity contribution is 14.0. The van der Waals surface area contributed by atoms with Gasteiger partial charge < -0.3 is 19.5 Å². The van der Waals surface area contributed by atoms with E-state index in [1.165, 1.54) is 5.56 Å². The molecule has 0 aliphatic carbocycles. The molecule has 8 heteroatoms. The number of hydrogen-bond acceptors (Lipinski definition) is 5. The number of nitrogens with one attached hydrogen (secondary N) is 1. The lowest BCUT2D eigenvalue weighted by molar-refractivity contribution is 0.169. The van der Waals surface area contributed by atoms with Gasteiger partial charge in [0.1, 0.15) is 12.0 Å². The van der Waals surface area contributed by atoms with Gasteiger partial charge in [0.25, 0.3) is 0 Å². The van der Waals surface area contributed by atoms with Crippen LogP contribution in [0, 0.1) is 0 Å². The van der Waals surface area contributed by atoms with E-state index < -0.39 is 0 Å². The summed E-state index contributed by atoms with van der Waals surface area (Å²) in [6.07, 6.45) is 2.58. The number of aromatic nitrogens is 1. The molecular formula is C19H28IN5O2. The Labute approximate surface area is 177 Å². The number of benzene rings is 1. The van der Waals surface area contributed by atoms with Crippen LogP contribution in [0.1, 0.15) is 11.3 Å². The zero-order chi connectivity index (χ0) is 18.2. The molecule has 27 heavy (non-hydrogen) atoms. The Hall–Kier alpha value is -1.81. The van der Waals surface area contributed by atoms with Crippen molar-refractivity contribution in [3.05, 3.63) is 47.9 Å². The predicted octanol–water partition coefficient (Wildman–Crippen LogP) is 2.24. The van der Waals surface area contributed by atoms with Crippen molar-refractivity contribution in [2.45, 2.75) is 13.0 Å². The maximum absolute atomic E-state index is 5.20. The Kier molecular flexibility index (Phi) is 8.86. The first-order chi connectivity index (χ1) is 12.8. The van der Waals surface area contributed by atoms with Crippen molar-refractivity contribution >= 4 is 29.9 Å². The summed E-state index contributed by atoms with van der Waals surface area (Å²) in [5, 5.41) is 7.46. The molecule has 0 unspecified atom stereocenters. The van der Waals surface area contributed by atoms with E-state index >= 15 is 0 Å². The van der Waals surface area contributed by atoms with Gasteiger partial charge in [0, 0.05) is 52.4 Å². The summed E-state index contributed by atoms with van der Waals surface area (Å²) >= 11 is 0. The first-order valence-electron chi connectivity index (χ1n) is 8.98. The summed E-state index contributed by atoms with van der Waals surface area (Å²) < 4.78 is 10.1. The van der Waals surface area contributed by atoms with Crippen LogP contribution < -0.4 is 10.1 Å². The molecule has 1 aliphatic heterocycles. The van der Waals surface area contributed by atoms with E-state index in [0.29, 0.717) is 0 Å². The third kappa shape index (κ3) is 6.39. The third-order valence-electron chi connectivity index (χ3n) is 4.62. The molecule has 1 saturated heterocycles. The van der Waals surface area contributed by atoms with Gasteiger partial charge in [-0.05, 0) is 24.1 Å². The molecule has 2 aromatic rings. The van der Waals surface area contributed by atoms with Crippen LogP contribution in [0.2, 0.25) is 0 Å². The van der Waals surface area contributed by atoms with E-state index in [-0.39, 0.29) is 24.0 Å². The molecule has 7 nitrogen and oxygen atoms in total. The molecule has 0 saturated carbocycles. The molecule has 1 aliphatic rings. The Bertz CT molecular complexity index is 683. The zero-order valence-corrected chi connectivity index (χ0v) is 18.3. The number of halogens is 1. The van der Waals surface area contributed by atoms with Crippen LogP contribution in [0.4, 0.5) is 0 Å². The molecule has 3 rings (SSSR count). The highest BCUT2D eigenvalue weighted by Crippen LogP contribution is 2.11. The standard InChI is InChI=1S/C19H27N5O2.HI/c1-20-19(21-9-7-16-3-5-18(25-2)6-4-16)24-12-10-23(11-13-24)15-17-8-14-26-22-17;/h3-6,8,14H,7,9-13,15H2,1-2H3,(H,20,21);1H. The van der Waals surface area contributed by atoms with Crippen LogP contribution in [0.25, 0.3) is 0 Å². The number of nitrogens with zero attached hydrogens (tertiary/aromatic N) is 4. The predicted molar refractivity (Wildman–Crippen MR) is 117 cm³/mol. The smallest absolute Gasteiger partial charge is 0.193 e. The number of guanidine groups is 1. The number of hydrogen-bond donors (Lipinski definition) is 1. The molecule has 0 amide bonds. The number of methoxy groups -OCH3 is 1. The van der Waals surface area contributed by atoms with E-state index in [9.17, 15) is 0 Å². The number of ether oxygens (including phenoxy) is 1. The van der Waals surface area contributed by atoms with Gasteiger partial charge in [0.15, 0.2) is 5.96 Å². The molecule has 0 radical (unpaired) electrons. The monoisotopic (exact) mass is 485 g/mol. The summed E-state index contributed by atoms with van der Waals surface area (Å²) in [5.41, 5.74) is 2.27. The Morgan fingerprint density at radius 3 is 2.52 bits per heavy atom. The van der Waals surface area contributed by atoms with Crippen LogP contribution in [-0.4, -0.2) is 67.8 Å². The summed E-state index contributed by atoms with van der Waals surface area (Å²) in [6, 6.07) is 10.1. The van der Waals surface area contributed by atoms with Gasteiger partial charge in [0.2, 0.25) is 0 Å². The lowest BCUT2D eigenvalue weighted by atomic mass is 10.1. The number of piperazine rings is 1. The lowest BCUT2D eigenvalue weighted by Gasteiger charge is -2.36. The molecule has 0 spiro atoms. The molecule has 1 aromatic heterocycles. The average Bonchev–Trinajstić information content (AvgIpc) is 3.20. The SMILES string of the molecule is CN=C(NCCc1ccc(OC)cc1)N1CCN(Cc2ccon2)CC1.I. The van der Waals surface area contributed by atoms with E-state index in [4.69, 9.17) is 9.26 Å². The van der Waals surface area contributed by atoms with Gasteiger partial charge >= 0.3 is 0 Å². The third-order valence-corrected chi connectivity index (χ3v) is 4.62. The quantitative estimate of drug-likeness (QED) is 0.385. The topological polar surface area (TPSA) is 66.1 Å². The van der Waals surface area contributed by atoms with Crippen molar-refractivity contribution in [2.75, 3.05) is 46.9 Å². The first-order valence-corrected chi connectivity index (χ1v) is 8.98. The van der Waals surface area contributed by atoms with Crippen molar-refractivity contribution in [1.82, 2.24) is 20.3 Å². The molecule has 1 fully saturated rings. The molecule has 0 bridgehead atoms. The Balaban J connectivity index is 0.00000261. The van der Waals surface area contributed by atoms with Crippen molar-refractivity contribution in [3.63, 3.8) is 0 Å². The van der Waals surface area contributed by atoms with Gasteiger partial charge in [-0.2, -0.15) is 0 Å². The maximum atomic E-state index is 5.20. The van der Waals surface area contributed by atoms with E-state index in [1.807, 2.05) is 25.2 Å². The average molecular weight is 485 g/mol. The molecule has 0 atom stereocenters. The summed E-state index contributed by atoms with van der Waals surface area (Å²) in [7, 11) is 3.53. The van der Waals surface area contributed by atoms with E-state index in [2.05, 4.69) is 37.4 Å². The minimum Gasteiger partial charge on any atom is -0.497 e. The van der Waals surface area contributed by atoms with Crippen LogP contribution in [0.3, 0.4) is 0 Å². The van der Waals surface area contributed by atoms with Crippen molar-refractivity contribution in [2.24, 2.45) is 4.99 Å². The van der Waals surface area contributed by atoms with Crippen molar-refractivity contribution in [1.29, 1.82) is 0 Å². The molecule has 1 N–H and O–H groups in total. The fraction of sp³-hybridized carbons (Fsp3) is 0.474. The second-order valence-electron chi connectivity index (χ2n) is 6.33. The number of aliphatic imine (C=N–C) groups is 1. The summed E-state index contributed by atoms with van der Waals surface area (Å²) in [4.78, 5) is 9.14. The van der Waals surface area contributed by atoms with Crippen LogP contribution in [0.15, 0.2) is 46.1 Å². The van der Waals surface area contributed by atoms with Crippen molar-refractivity contribution in [3.8, 4) is 5.75 Å². The zero-order valence-electron chi connectivity index (χ0n) is 15.9. The van der Waals surface area contributed by atoms with Gasteiger partial charge in [-0.3, -0.25) is 9.89 Å². The summed E-state index contributed by atoms with van der Waals surface area (Å²) in [6.45, 7) is 5.60. The normalized spacial score (nSPS) is 15.3. The molecular weight excluding hydrogens is 457 g/mol. The van der Waals surface area contributed by atoms with Gasteiger partial charge in [-0.1, -0.05) is 17.3 Å². The highest BCUT2D eigenvalue weighted by atomic mass is 127. The molecule has 2 heterocycles. The van der Waals surface area contributed by atoms with Crippen LogP contribution in [-0.2, 0) is 13.0 Å². The van der Waals surface area contributed by atoms with Crippen molar-refractivity contribution < 1.29 is 9.26 Å². The highest BCUT2D eigenvalue weighted by Gasteiger charge is 2.20. The van der Waals surface area contributed by atoms with Gasteiger partial charge in [-0.15, -0.1) is 24.0 Å². The fourth-order valence-corrected chi connectivity index (χ4v) is 3.11. The first kappa shape index (κ1) is 21.5. The minimum atomic E-state index is 0. The lowest BCUT2D eigenvalue weighted by Crippen LogP contribution is -2.52. The maximum Gasteiger partial charge on any atom is 0.193 e. The molecule has 1 aromatic carbocycles. The van der Waals surface area contributed by atoms with Gasteiger partial charge in [0.05, 0.1) is 12.8 Å². The second-order valence-corrected chi connectivity index (χ2v) is 6.33. The number of rotatable bonds is 6. The van der Waals surface area contributed by atoms with E-state index in [1.54, 1.807) is 13.4 Å².